The van der Waals surface area contributed by atoms with Crippen molar-refractivity contribution in [3.05, 3.63) is 59.9 Å². The Morgan fingerprint density at radius 1 is 1.07 bits per heavy atom. The first kappa shape index (κ1) is 19.0. The van der Waals surface area contributed by atoms with Gasteiger partial charge in [0.25, 0.3) is 0 Å². The second-order valence-electron chi connectivity index (χ2n) is 6.49. The van der Waals surface area contributed by atoms with Crippen molar-refractivity contribution in [2.75, 3.05) is 51.8 Å². The maximum Gasteiger partial charge on any atom is 0.193 e. The van der Waals surface area contributed by atoms with Gasteiger partial charge in [0.05, 0.1) is 7.11 Å². The third-order valence-corrected chi connectivity index (χ3v) is 4.85. The molecule has 1 aliphatic rings. The van der Waals surface area contributed by atoms with Crippen molar-refractivity contribution in [2.45, 2.75) is 6.42 Å². The Labute approximate surface area is 160 Å². The zero-order valence-corrected chi connectivity index (χ0v) is 16.0. The third kappa shape index (κ3) is 4.90. The molecule has 6 heteroatoms. The third-order valence-electron chi connectivity index (χ3n) is 4.85. The number of benzene rings is 2. The first-order valence-electron chi connectivity index (χ1n) is 9.29. The van der Waals surface area contributed by atoms with Crippen LogP contribution in [0.2, 0.25) is 0 Å². The van der Waals surface area contributed by atoms with Gasteiger partial charge in [-0.05, 0) is 42.3 Å². The van der Waals surface area contributed by atoms with Gasteiger partial charge < -0.3 is 19.9 Å². The number of hydrogen-bond acceptors (Lipinski definition) is 3. The number of nitrogens with one attached hydrogen (secondary N) is 1. The Hall–Kier alpha value is -2.76. The summed E-state index contributed by atoms with van der Waals surface area (Å²) in [6.45, 7) is 4.33. The Kier molecular flexibility index (Phi) is 6.52. The average molecular weight is 370 g/mol. The van der Waals surface area contributed by atoms with E-state index < -0.39 is 0 Å². The molecule has 27 heavy (non-hydrogen) atoms. The molecule has 0 bridgehead atoms. The van der Waals surface area contributed by atoms with Gasteiger partial charge in [-0.15, -0.1) is 0 Å². The summed E-state index contributed by atoms with van der Waals surface area (Å²) in [6, 6.07) is 14.8. The molecule has 0 aromatic heterocycles. The van der Waals surface area contributed by atoms with Crippen LogP contribution in [-0.4, -0.2) is 57.7 Å². The first-order chi connectivity index (χ1) is 13.2. The molecule has 2 aromatic rings. The molecule has 0 unspecified atom stereocenters. The highest BCUT2D eigenvalue weighted by atomic mass is 19.1. The van der Waals surface area contributed by atoms with Gasteiger partial charge in [-0.3, -0.25) is 4.99 Å². The van der Waals surface area contributed by atoms with Crippen molar-refractivity contribution in [2.24, 2.45) is 4.99 Å². The predicted molar refractivity (Wildman–Crippen MR) is 108 cm³/mol. The van der Waals surface area contributed by atoms with E-state index in [0.717, 1.165) is 56.5 Å². The van der Waals surface area contributed by atoms with E-state index in [2.05, 4.69) is 26.2 Å². The zero-order valence-electron chi connectivity index (χ0n) is 16.0. The van der Waals surface area contributed by atoms with Crippen LogP contribution in [0, 0.1) is 5.82 Å². The summed E-state index contributed by atoms with van der Waals surface area (Å²) >= 11 is 0. The SMILES string of the molecule is CN=C(NCCc1ccccc1OC)N1CCN(c2ccc(F)cc2)CC1. The van der Waals surface area contributed by atoms with Gasteiger partial charge >= 0.3 is 0 Å². The maximum absolute atomic E-state index is 13.1. The molecule has 1 heterocycles. The minimum atomic E-state index is -0.197. The van der Waals surface area contributed by atoms with Crippen LogP contribution in [0.5, 0.6) is 5.75 Å². The Bertz CT molecular complexity index is 755. The highest BCUT2D eigenvalue weighted by molar-refractivity contribution is 5.80. The molecule has 3 rings (SSSR count). The van der Waals surface area contributed by atoms with Crippen molar-refractivity contribution in [1.82, 2.24) is 10.2 Å². The number of ether oxygens (including phenoxy) is 1. The lowest BCUT2D eigenvalue weighted by Crippen LogP contribution is -2.52. The fourth-order valence-corrected chi connectivity index (χ4v) is 3.38. The molecule has 2 aromatic carbocycles. The molecule has 0 atom stereocenters. The monoisotopic (exact) mass is 370 g/mol. The van der Waals surface area contributed by atoms with Gasteiger partial charge in [-0.1, -0.05) is 18.2 Å². The first-order valence-corrected chi connectivity index (χ1v) is 9.29. The molecule has 1 fully saturated rings. The summed E-state index contributed by atoms with van der Waals surface area (Å²) in [7, 11) is 3.52. The smallest absolute Gasteiger partial charge is 0.193 e. The number of piperazine rings is 1. The van der Waals surface area contributed by atoms with E-state index in [1.54, 1.807) is 7.11 Å². The Balaban J connectivity index is 1.49. The summed E-state index contributed by atoms with van der Waals surface area (Å²) in [4.78, 5) is 8.97. The molecule has 1 N–H and O–H groups in total. The minimum absolute atomic E-state index is 0.197. The van der Waals surface area contributed by atoms with Crippen LogP contribution in [-0.2, 0) is 6.42 Å². The summed E-state index contributed by atoms with van der Waals surface area (Å²) in [5.74, 6) is 1.64. The number of methoxy groups -OCH3 is 1. The minimum Gasteiger partial charge on any atom is -0.496 e. The largest absolute Gasteiger partial charge is 0.496 e. The van der Waals surface area contributed by atoms with Crippen LogP contribution < -0.4 is 15.0 Å². The van der Waals surface area contributed by atoms with Crippen LogP contribution in [0.3, 0.4) is 0 Å². The normalized spacial score (nSPS) is 15.0. The van der Waals surface area contributed by atoms with E-state index >= 15 is 0 Å². The van der Waals surface area contributed by atoms with Gasteiger partial charge in [-0.2, -0.15) is 0 Å². The molecule has 0 saturated carbocycles. The average Bonchev–Trinajstić information content (AvgIpc) is 2.72. The van der Waals surface area contributed by atoms with Crippen molar-refractivity contribution in [1.29, 1.82) is 0 Å². The van der Waals surface area contributed by atoms with E-state index in [-0.39, 0.29) is 5.82 Å². The van der Waals surface area contributed by atoms with Crippen molar-refractivity contribution >= 4 is 11.6 Å². The number of nitrogens with zero attached hydrogens (tertiary/aromatic N) is 3. The molecular weight excluding hydrogens is 343 g/mol. The van der Waals surface area contributed by atoms with Gasteiger partial charge in [0.1, 0.15) is 11.6 Å². The highest BCUT2D eigenvalue weighted by Gasteiger charge is 2.19. The number of hydrogen-bond donors (Lipinski definition) is 1. The number of para-hydroxylation sites is 1. The summed E-state index contributed by atoms with van der Waals surface area (Å²) in [6.07, 6.45) is 0.874. The van der Waals surface area contributed by atoms with Crippen molar-refractivity contribution in [3.63, 3.8) is 0 Å². The number of anilines is 1. The fourth-order valence-electron chi connectivity index (χ4n) is 3.38. The quantitative estimate of drug-likeness (QED) is 0.649. The van der Waals surface area contributed by atoms with Gasteiger partial charge in [0.2, 0.25) is 0 Å². The molecule has 5 nitrogen and oxygen atoms in total. The van der Waals surface area contributed by atoms with Crippen LogP contribution in [0.25, 0.3) is 0 Å². The molecule has 0 amide bonds. The number of aliphatic imine (C=N–C) groups is 1. The molecule has 0 radical (unpaired) electrons. The molecule has 1 aliphatic heterocycles. The van der Waals surface area contributed by atoms with E-state index in [1.807, 2.05) is 37.4 Å². The van der Waals surface area contributed by atoms with Gasteiger partial charge in [0, 0.05) is 45.5 Å². The molecule has 1 saturated heterocycles. The summed E-state index contributed by atoms with van der Waals surface area (Å²) in [5, 5.41) is 3.45. The lowest BCUT2D eigenvalue weighted by molar-refractivity contribution is 0.372. The highest BCUT2D eigenvalue weighted by Crippen LogP contribution is 2.18. The van der Waals surface area contributed by atoms with Crippen LogP contribution in [0.15, 0.2) is 53.5 Å². The van der Waals surface area contributed by atoms with Crippen LogP contribution in [0.1, 0.15) is 5.56 Å². The summed E-state index contributed by atoms with van der Waals surface area (Å²) < 4.78 is 18.5. The standard InChI is InChI=1S/C21H27FN4O/c1-23-21(24-12-11-17-5-3-4-6-20(17)27-2)26-15-13-25(14-16-26)19-9-7-18(22)8-10-19/h3-10H,11-16H2,1-2H3,(H,23,24). The van der Waals surface area contributed by atoms with E-state index in [0.29, 0.717) is 0 Å². The van der Waals surface area contributed by atoms with Crippen LogP contribution >= 0.6 is 0 Å². The molecule has 0 aliphatic carbocycles. The van der Waals surface area contributed by atoms with Gasteiger partial charge in [0.15, 0.2) is 5.96 Å². The van der Waals surface area contributed by atoms with E-state index in [9.17, 15) is 4.39 Å². The topological polar surface area (TPSA) is 40.1 Å². The lowest BCUT2D eigenvalue weighted by atomic mass is 10.1. The lowest BCUT2D eigenvalue weighted by Gasteiger charge is -2.37. The fraction of sp³-hybridized carbons (Fsp3) is 0.381. The second-order valence-corrected chi connectivity index (χ2v) is 6.49. The second kappa shape index (κ2) is 9.26. The molecule has 0 spiro atoms. The maximum atomic E-state index is 13.1. The van der Waals surface area contributed by atoms with Crippen molar-refractivity contribution in [3.8, 4) is 5.75 Å². The summed E-state index contributed by atoms with van der Waals surface area (Å²) in [5.41, 5.74) is 2.25. The van der Waals surface area contributed by atoms with Crippen LogP contribution in [0.4, 0.5) is 10.1 Å². The van der Waals surface area contributed by atoms with Crippen molar-refractivity contribution < 1.29 is 9.13 Å². The van der Waals surface area contributed by atoms with E-state index in [1.165, 1.54) is 17.7 Å². The predicted octanol–water partition coefficient (Wildman–Crippen LogP) is 2.77. The zero-order chi connectivity index (χ0) is 19.1. The van der Waals surface area contributed by atoms with Gasteiger partial charge in [-0.25, -0.2) is 4.39 Å². The number of rotatable bonds is 5. The number of halogens is 1. The Morgan fingerprint density at radius 3 is 2.44 bits per heavy atom. The molecule has 144 valence electrons. The Morgan fingerprint density at radius 2 is 1.78 bits per heavy atom. The van der Waals surface area contributed by atoms with E-state index in [4.69, 9.17) is 4.74 Å². The number of guanidine groups is 1. The molecular formula is C21H27FN4O.